The minimum Gasteiger partial charge on any atom is -0.462 e. The lowest BCUT2D eigenvalue weighted by molar-refractivity contribution is -0.122. The third-order valence-electron chi connectivity index (χ3n) is 3.17. The number of esters is 1. The number of amides is 1. The molecular formula is C13H19N3O3. The first-order valence-corrected chi connectivity index (χ1v) is 6.68. The van der Waals surface area contributed by atoms with Crippen molar-refractivity contribution in [2.75, 3.05) is 6.61 Å². The first-order valence-electron chi connectivity index (χ1n) is 6.68. The molecule has 2 rings (SSSR count). The fourth-order valence-electron chi connectivity index (χ4n) is 2.26. The number of hydrogen-bond acceptors (Lipinski definition) is 4. The van der Waals surface area contributed by atoms with Crippen molar-refractivity contribution < 1.29 is 14.3 Å². The van der Waals surface area contributed by atoms with Crippen LogP contribution in [-0.4, -0.2) is 34.3 Å². The largest absolute Gasteiger partial charge is 0.462 e. The summed E-state index contributed by atoms with van der Waals surface area (Å²) in [5, 5.41) is 6.96. The summed E-state index contributed by atoms with van der Waals surface area (Å²) < 4.78 is 6.32. The number of carbonyl (C=O) groups is 2. The van der Waals surface area contributed by atoms with Gasteiger partial charge in [-0.15, -0.1) is 0 Å². The van der Waals surface area contributed by atoms with E-state index in [0.717, 1.165) is 12.8 Å². The molecule has 0 saturated heterocycles. The van der Waals surface area contributed by atoms with Crippen LogP contribution in [0.4, 0.5) is 0 Å². The number of nitrogens with zero attached hydrogens (tertiary/aromatic N) is 2. The topological polar surface area (TPSA) is 73.2 Å². The minimum absolute atomic E-state index is 0.0644. The summed E-state index contributed by atoms with van der Waals surface area (Å²) in [7, 11) is 0. The van der Waals surface area contributed by atoms with Gasteiger partial charge in [0.1, 0.15) is 6.54 Å². The fourth-order valence-corrected chi connectivity index (χ4v) is 2.26. The van der Waals surface area contributed by atoms with E-state index in [0.29, 0.717) is 18.2 Å². The van der Waals surface area contributed by atoms with E-state index in [1.54, 1.807) is 6.92 Å². The second-order valence-electron chi connectivity index (χ2n) is 4.70. The Hall–Kier alpha value is -1.85. The van der Waals surface area contributed by atoms with Crippen LogP contribution < -0.4 is 5.32 Å². The van der Waals surface area contributed by atoms with Crippen molar-refractivity contribution in [3.05, 3.63) is 18.0 Å². The van der Waals surface area contributed by atoms with E-state index in [-0.39, 0.29) is 12.5 Å². The minimum atomic E-state index is -0.412. The Bertz CT molecular complexity index is 450. The Morgan fingerprint density at radius 1 is 1.47 bits per heavy atom. The van der Waals surface area contributed by atoms with Gasteiger partial charge in [-0.25, -0.2) is 4.79 Å². The first kappa shape index (κ1) is 13.6. The monoisotopic (exact) mass is 265 g/mol. The Kier molecular flexibility index (Phi) is 4.54. The molecule has 0 aromatic carbocycles. The van der Waals surface area contributed by atoms with E-state index < -0.39 is 5.97 Å². The highest BCUT2D eigenvalue weighted by Gasteiger charge is 2.17. The average molecular weight is 265 g/mol. The van der Waals surface area contributed by atoms with E-state index in [4.69, 9.17) is 4.74 Å². The zero-order chi connectivity index (χ0) is 13.7. The van der Waals surface area contributed by atoms with Crippen molar-refractivity contribution in [2.24, 2.45) is 0 Å². The van der Waals surface area contributed by atoms with Crippen molar-refractivity contribution in [3.63, 3.8) is 0 Å². The van der Waals surface area contributed by atoms with Crippen LogP contribution in [-0.2, 0) is 16.1 Å². The number of carbonyl (C=O) groups excluding carboxylic acids is 2. The van der Waals surface area contributed by atoms with Crippen LogP contribution in [0.25, 0.3) is 0 Å². The summed E-state index contributed by atoms with van der Waals surface area (Å²) in [4.78, 5) is 23.2. The maximum absolute atomic E-state index is 11.8. The molecule has 6 heteroatoms. The normalized spacial score (nSPS) is 15.4. The van der Waals surface area contributed by atoms with Crippen LogP contribution in [0.5, 0.6) is 0 Å². The molecule has 1 fully saturated rings. The Balaban J connectivity index is 1.85. The zero-order valence-electron chi connectivity index (χ0n) is 11.1. The molecule has 0 atom stereocenters. The summed E-state index contributed by atoms with van der Waals surface area (Å²) >= 11 is 0. The number of hydrogen-bond donors (Lipinski definition) is 1. The van der Waals surface area contributed by atoms with Crippen molar-refractivity contribution >= 4 is 11.9 Å². The van der Waals surface area contributed by atoms with Gasteiger partial charge in [0, 0.05) is 12.2 Å². The summed E-state index contributed by atoms with van der Waals surface area (Å²) in [5.41, 5.74) is 0.371. The predicted octanol–water partition coefficient (Wildman–Crippen LogP) is 1.12. The predicted molar refractivity (Wildman–Crippen MR) is 68.6 cm³/mol. The van der Waals surface area contributed by atoms with Gasteiger partial charge in [-0.2, -0.15) is 5.10 Å². The lowest BCUT2D eigenvalue weighted by Crippen LogP contribution is -2.35. The van der Waals surface area contributed by atoms with Crippen molar-refractivity contribution in [2.45, 2.75) is 45.2 Å². The molecule has 1 aromatic heterocycles. The maximum Gasteiger partial charge on any atom is 0.341 e. The van der Waals surface area contributed by atoms with Gasteiger partial charge < -0.3 is 10.1 Å². The molecule has 104 valence electrons. The highest BCUT2D eigenvalue weighted by Crippen LogP contribution is 2.17. The first-order chi connectivity index (χ1) is 9.19. The average Bonchev–Trinajstić information content (AvgIpc) is 3.00. The van der Waals surface area contributed by atoms with Crippen LogP contribution in [0.2, 0.25) is 0 Å². The van der Waals surface area contributed by atoms with Gasteiger partial charge in [0.05, 0.1) is 18.4 Å². The van der Waals surface area contributed by atoms with Crippen LogP contribution in [0.3, 0.4) is 0 Å². The van der Waals surface area contributed by atoms with Gasteiger partial charge in [-0.3, -0.25) is 9.48 Å². The van der Waals surface area contributed by atoms with Gasteiger partial charge in [0.2, 0.25) is 5.91 Å². The lowest BCUT2D eigenvalue weighted by Gasteiger charge is -2.11. The summed E-state index contributed by atoms with van der Waals surface area (Å²) in [5.74, 6) is -0.477. The molecule has 6 nitrogen and oxygen atoms in total. The number of ether oxygens (including phenoxy) is 1. The molecule has 1 aromatic rings. The van der Waals surface area contributed by atoms with Crippen molar-refractivity contribution in [3.8, 4) is 0 Å². The van der Waals surface area contributed by atoms with Crippen LogP contribution in [0.15, 0.2) is 12.4 Å². The third kappa shape index (κ3) is 3.81. The standard InChI is InChI=1S/C13H19N3O3/c1-2-19-13(18)10-7-14-16(8-10)9-12(17)15-11-5-3-4-6-11/h7-8,11H,2-6,9H2,1H3,(H,15,17). The van der Waals surface area contributed by atoms with Gasteiger partial charge >= 0.3 is 5.97 Å². The van der Waals surface area contributed by atoms with Crippen LogP contribution >= 0.6 is 0 Å². The molecule has 1 N–H and O–H groups in total. The Morgan fingerprint density at radius 3 is 2.89 bits per heavy atom. The SMILES string of the molecule is CCOC(=O)c1cnn(CC(=O)NC2CCCC2)c1. The van der Waals surface area contributed by atoms with Gasteiger partial charge in [0.25, 0.3) is 0 Å². The quantitative estimate of drug-likeness (QED) is 0.810. The molecular weight excluding hydrogens is 246 g/mol. The molecule has 0 unspecified atom stereocenters. The molecule has 19 heavy (non-hydrogen) atoms. The molecule has 0 bridgehead atoms. The van der Waals surface area contributed by atoms with Crippen molar-refractivity contribution in [1.29, 1.82) is 0 Å². The molecule has 0 radical (unpaired) electrons. The third-order valence-corrected chi connectivity index (χ3v) is 3.17. The maximum atomic E-state index is 11.8. The summed E-state index contributed by atoms with van der Waals surface area (Å²) in [6, 6.07) is 0.299. The van der Waals surface area contributed by atoms with E-state index in [9.17, 15) is 9.59 Å². The lowest BCUT2D eigenvalue weighted by atomic mass is 10.2. The van der Waals surface area contributed by atoms with Crippen LogP contribution in [0.1, 0.15) is 43.0 Å². The smallest absolute Gasteiger partial charge is 0.341 e. The van der Waals surface area contributed by atoms with E-state index in [1.165, 1.54) is 29.9 Å². The zero-order valence-corrected chi connectivity index (χ0v) is 11.1. The molecule has 1 heterocycles. The van der Waals surface area contributed by atoms with E-state index in [1.807, 2.05) is 0 Å². The second-order valence-corrected chi connectivity index (χ2v) is 4.70. The Morgan fingerprint density at radius 2 is 2.21 bits per heavy atom. The Labute approximate surface area is 112 Å². The summed E-state index contributed by atoms with van der Waals surface area (Å²) in [6.07, 6.45) is 7.42. The van der Waals surface area contributed by atoms with E-state index in [2.05, 4.69) is 10.4 Å². The number of rotatable bonds is 5. The molecule has 0 aliphatic heterocycles. The fraction of sp³-hybridized carbons (Fsp3) is 0.615. The van der Waals surface area contributed by atoms with Gasteiger partial charge in [-0.1, -0.05) is 12.8 Å². The van der Waals surface area contributed by atoms with Gasteiger partial charge in [0.15, 0.2) is 0 Å². The molecule has 1 aliphatic carbocycles. The number of nitrogens with one attached hydrogen (secondary N) is 1. The summed E-state index contributed by atoms with van der Waals surface area (Å²) in [6.45, 7) is 2.21. The molecule has 0 spiro atoms. The van der Waals surface area contributed by atoms with E-state index >= 15 is 0 Å². The molecule has 1 aliphatic rings. The molecule has 1 saturated carbocycles. The number of aromatic nitrogens is 2. The van der Waals surface area contributed by atoms with Crippen molar-refractivity contribution in [1.82, 2.24) is 15.1 Å². The van der Waals surface area contributed by atoms with Gasteiger partial charge in [-0.05, 0) is 19.8 Å². The second kappa shape index (κ2) is 6.36. The highest BCUT2D eigenvalue weighted by molar-refractivity contribution is 5.88. The molecule has 1 amide bonds. The van der Waals surface area contributed by atoms with Crippen LogP contribution in [0, 0.1) is 0 Å². The highest BCUT2D eigenvalue weighted by atomic mass is 16.5.